The quantitative estimate of drug-likeness (QED) is 0.725. The fraction of sp³-hybridized carbons (Fsp3) is 0.909. The van der Waals surface area contributed by atoms with E-state index >= 15 is 0 Å². The predicted octanol–water partition coefficient (Wildman–Crippen LogP) is 1.37. The Morgan fingerprint density at radius 2 is 2.29 bits per heavy atom. The van der Waals surface area contributed by atoms with Crippen molar-refractivity contribution in [3.05, 3.63) is 0 Å². The lowest BCUT2D eigenvalue weighted by molar-refractivity contribution is -0.123. The Morgan fingerprint density at radius 3 is 2.79 bits per heavy atom. The number of nitrogens with zero attached hydrogens (tertiary/aromatic N) is 1. The molecule has 1 aliphatic rings. The lowest BCUT2D eigenvalue weighted by atomic mass is 10.0. The van der Waals surface area contributed by atoms with E-state index in [0.717, 1.165) is 25.4 Å². The standard InChI is InChI=1S/C11H22N2O/c1-3-5-9-6-7-13(8-9)10(4-2)11(12)14/h9-10H,3-8H2,1-2H3,(H2,12,14)/t9-,10+/m1/s1. The Balaban J connectivity index is 2.43. The second-order valence-corrected chi connectivity index (χ2v) is 4.26. The highest BCUT2D eigenvalue weighted by molar-refractivity contribution is 5.79. The lowest BCUT2D eigenvalue weighted by Gasteiger charge is -2.23. The zero-order valence-electron chi connectivity index (χ0n) is 9.33. The maximum atomic E-state index is 11.2. The summed E-state index contributed by atoms with van der Waals surface area (Å²) in [6.45, 7) is 6.36. The second-order valence-electron chi connectivity index (χ2n) is 4.26. The van der Waals surface area contributed by atoms with E-state index in [4.69, 9.17) is 5.73 Å². The smallest absolute Gasteiger partial charge is 0.234 e. The van der Waals surface area contributed by atoms with Crippen LogP contribution >= 0.6 is 0 Å². The Kier molecular flexibility index (Phi) is 4.39. The van der Waals surface area contributed by atoms with Crippen LogP contribution in [0.15, 0.2) is 0 Å². The number of likely N-dealkylation sites (tertiary alicyclic amines) is 1. The van der Waals surface area contributed by atoms with E-state index in [2.05, 4.69) is 11.8 Å². The van der Waals surface area contributed by atoms with Gasteiger partial charge < -0.3 is 5.73 Å². The molecule has 1 amide bonds. The molecule has 0 saturated carbocycles. The van der Waals surface area contributed by atoms with Crippen LogP contribution in [-0.4, -0.2) is 29.9 Å². The van der Waals surface area contributed by atoms with Gasteiger partial charge in [0.15, 0.2) is 0 Å². The average Bonchev–Trinajstić information content (AvgIpc) is 2.54. The fourth-order valence-corrected chi connectivity index (χ4v) is 2.43. The number of rotatable bonds is 5. The first-order valence-electron chi connectivity index (χ1n) is 5.72. The molecular formula is C11H22N2O. The molecule has 0 unspecified atom stereocenters. The number of hydrogen-bond acceptors (Lipinski definition) is 2. The number of carbonyl (C=O) groups excluding carboxylic acids is 1. The molecule has 1 fully saturated rings. The predicted molar refractivity (Wildman–Crippen MR) is 57.9 cm³/mol. The summed E-state index contributed by atoms with van der Waals surface area (Å²) in [7, 11) is 0. The summed E-state index contributed by atoms with van der Waals surface area (Å²) < 4.78 is 0. The van der Waals surface area contributed by atoms with Gasteiger partial charge in [0.05, 0.1) is 6.04 Å². The van der Waals surface area contributed by atoms with E-state index in [0.29, 0.717) is 0 Å². The molecule has 0 spiro atoms. The summed E-state index contributed by atoms with van der Waals surface area (Å²) in [5, 5.41) is 0. The number of carbonyl (C=O) groups is 1. The number of primary amides is 1. The van der Waals surface area contributed by atoms with Gasteiger partial charge in [0.2, 0.25) is 5.91 Å². The fourth-order valence-electron chi connectivity index (χ4n) is 2.43. The first kappa shape index (κ1) is 11.5. The van der Waals surface area contributed by atoms with Crippen LogP contribution in [0.5, 0.6) is 0 Å². The molecule has 1 rings (SSSR count). The summed E-state index contributed by atoms with van der Waals surface area (Å²) >= 11 is 0. The SMILES string of the molecule is CCC[C@@H]1CCN([C@@H](CC)C(N)=O)C1. The zero-order valence-corrected chi connectivity index (χ0v) is 9.33. The Morgan fingerprint density at radius 1 is 1.57 bits per heavy atom. The molecule has 3 nitrogen and oxygen atoms in total. The first-order valence-corrected chi connectivity index (χ1v) is 5.72. The minimum atomic E-state index is -0.162. The van der Waals surface area contributed by atoms with Crippen molar-refractivity contribution in [1.29, 1.82) is 0 Å². The monoisotopic (exact) mass is 198 g/mol. The Hall–Kier alpha value is -0.570. The van der Waals surface area contributed by atoms with Crippen LogP contribution in [-0.2, 0) is 4.79 Å². The van der Waals surface area contributed by atoms with Gasteiger partial charge in [-0.05, 0) is 31.7 Å². The molecule has 2 N–H and O–H groups in total. The third kappa shape index (κ3) is 2.71. The molecular weight excluding hydrogens is 176 g/mol. The van der Waals surface area contributed by atoms with Crippen molar-refractivity contribution >= 4 is 5.91 Å². The van der Waals surface area contributed by atoms with Crippen molar-refractivity contribution in [3.63, 3.8) is 0 Å². The highest BCUT2D eigenvalue weighted by Gasteiger charge is 2.29. The summed E-state index contributed by atoms with van der Waals surface area (Å²) in [6, 6.07) is -0.0307. The van der Waals surface area contributed by atoms with E-state index in [-0.39, 0.29) is 11.9 Å². The lowest BCUT2D eigenvalue weighted by Crippen LogP contribution is -2.43. The normalized spacial score (nSPS) is 25.1. The molecule has 3 heteroatoms. The van der Waals surface area contributed by atoms with Crippen LogP contribution in [0.3, 0.4) is 0 Å². The molecule has 0 aromatic heterocycles. The third-order valence-corrected chi connectivity index (χ3v) is 3.17. The van der Waals surface area contributed by atoms with Crippen molar-refractivity contribution in [2.45, 2.75) is 45.6 Å². The zero-order chi connectivity index (χ0) is 10.6. The molecule has 0 aromatic carbocycles. The maximum Gasteiger partial charge on any atom is 0.234 e. The van der Waals surface area contributed by atoms with E-state index < -0.39 is 0 Å². The minimum Gasteiger partial charge on any atom is -0.368 e. The molecule has 0 aromatic rings. The Bertz CT molecular complexity index is 194. The van der Waals surface area contributed by atoms with E-state index in [1.54, 1.807) is 0 Å². The molecule has 1 saturated heterocycles. The van der Waals surface area contributed by atoms with Crippen LogP contribution in [0.2, 0.25) is 0 Å². The van der Waals surface area contributed by atoms with Crippen molar-refractivity contribution in [1.82, 2.24) is 4.90 Å². The van der Waals surface area contributed by atoms with E-state index in [1.807, 2.05) is 6.92 Å². The summed E-state index contributed by atoms with van der Waals surface area (Å²) in [6.07, 6.45) is 4.60. The van der Waals surface area contributed by atoms with E-state index in [9.17, 15) is 4.79 Å². The summed E-state index contributed by atoms with van der Waals surface area (Å²) in [5.41, 5.74) is 5.37. The van der Waals surface area contributed by atoms with Gasteiger partial charge in [0.1, 0.15) is 0 Å². The highest BCUT2D eigenvalue weighted by atomic mass is 16.1. The second kappa shape index (κ2) is 5.35. The molecule has 2 atom stereocenters. The molecule has 0 radical (unpaired) electrons. The molecule has 82 valence electrons. The molecule has 1 aliphatic heterocycles. The Labute approximate surface area is 86.6 Å². The van der Waals surface area contributed by atoms with E-state index in [1.165, 1.54) is 19.3 Å². The number of nitrogens with two attached hydrogens (primary N) is 1. The van der Waals surface area contributed by atoms with Gasteiger partial charge in [-0.15, -0.1) is 0 Å². The van der Waals surface area contributed by atoms with Crippen LogP contribution in [0.1, 0.15) is 39.5 Å². The highest BCUT2D eigenvalue weighted by Crippen LogP contribution is 2.23. The van der Waals surface area contributed by atoms with Gasteiger partial charge in [0.25, 0.3) is 0 Å². The minimum absolute atomic E-state index is 0.0307. The van der Waals surface area contributed by atoms with Crippen LogP contribution in [0, 0.1) is 5.92 Å². The van der Waals surface area contributed by atoms with Crippen LogP contribution in [0.4, 0.5) is 0 Å². The maximum absolute atomic E-state index is 11.2. The van der Waals surface area contributed by atoms with Crippen molar-refractivity contribution in [2.24, 2.45) is 11.7 Å². The van der Waals surface area contributed by atoms with Gasteiger partial charge in [-0.2, -0.15) is 0 Å². The first-order chi connectivity index (χ1) is 6.69. The summed E-state index contributed by atoms with van der Waals surface area (Å²) in [4.78, 5) is 13.4. The van der Waals surface area contributed by atoms with Crippen LogP contribution in [0.25, 0.3) is 0 Å². The van der Waals surface area contributed by atoms with Gasteiger partial charge >= 0.3 is 0 Å². The third-order valence-electron chi connectivity index (χ3n) is 3.17. The van der Waals surface area contributed by atoms with Crippen LogP contribution < -0.4 is 5.73 Å². The molecule has 0 aliphatic carbocycles. The topological polar surface area (TPSA) is 46.3 Å². The molecule has 14 heavy (non-hydrogen) atoms. The van der Waals surface area contributed by atoms with Gasteiger partial charge in [-0.3, -0.25) is 9.69 Å². The van der Waals surface area contributed by atoms with Crippen molar-refractivity contribution < 1.29 is 4.79 Å². The molecule has 1 heterocycles. The number of hydrogen-bond donors (Lipinski definition) is 1. The van der Waals surface area contributed by atoms with Gasteiger partial charge in [-0.25, -0.2) is 0 Å². The largest absolute Gasteiger partial charge is 0.368 e. The molecule has 0 bridgehead atoms. The number of amides is 1. The van der Waals surface area contributed by atoms with Crippen molar-refractivity contribution in [3.8, 4) is 0 Å². The van der Waals surface area contributed by atoms with Crippen molar-refractivity contribution in [2.75, 3.05) is 13.1 Å². The van der Waals surface area contributed by atoms with Gasteiger partial charge in [0, 0.05) is 6.54 Å². The van der Waals surface area contributed by atoms with Gasteiger partial charge in [-0.1, -0.05) is 20.3 Å². The summed E-state index contributed by atoms with van der Waals surface area (Å²) in [5.74, 6) is 0.623. The average molecular weight is 198 g/mol.